The Morgan fingerprint density at radius 3 is 2.27 bits per heavy atom. The largest absolute Gasteiger partial charge is 0.339 e. The van der Waals surface area contributed by atoms with Gasteiger partial charge in [0.2, 0.25) is 5.91 Å². The Balaban J connectivity index is 1.49. The molecule has 5 heteroatoms. The Bertz CT molecular complexity index is 781. The number of hydrogen-bond acceptors (Lipinski definition) is 2. The van der Waals surface area contributed by atoms with Gasteiger partial charge in [-0.25, -0.2) is 4.39 Å². The van der Waals surface area contributed by atoms with Crippen molar-refractivity contribution in [3.63, 3.8) is 0 Å². The molecule has 3 rings (SSSR count). The van der Waals surface area contributed by atoms with Crippen LogP contribution in [0.5, 0.6) is 0 Å². The Kier molecular flexibility index (Phi) is 5.66. The first-order chi connectivity index (χ1) is 12.5. The molecule has 1 aliphatic rings. The van der Waals surface area contributed by atoms with Crippen LogP contribution in [0.15, 0.2) is 48.5 Å². The fraction of sp³-hybridized carbons (Fsp3) is 0.333. The van der Waals surface area contributed by atoms with Gasteiger partial charge in [-0.15, -0.1) is 0 Å². The number of hydrogen-bond donors (Lipinski definition) is 0. The summed E-state index contributed by atoms with van der Waals surface area (Å²) in [5.41, 5.74) is 2.71. The van der Waals surface area contributed by atoms with E-state index in [2.05, 4.69) is 24.3 Å². The first-order valence-electron chi connectivity index (χ1n) is 8.91. The molecular formula is C21H23FN2O2. The summed E-state index contributed by atoms with van der Waals surface area (Å²) in [7, 11) is 0. The minimum absolute atomic E-state index is 0.114. The lowest BCUT2D eigenvalue weighted by Crippen LogP contribution is -2.50. The zero-order chi connectivity index (χ0) is 18.5. The molecule has 1 fully saturated rings. The van der Waals surface area contributed by atoms with Crippen molar-refractivity contribution >= 4 is 11.8 Å². The van der Waals surface area contributed by atoms with Crippen LogP contribution in [0.1, 0.15) is 27.9 Å². The lowest BCUT2D eigenvalue weighted by molar-refractivity contribution is -0.132. The summed E-state index contributed by atoms with van der Waals surface area (Å²) in [6.07, 6.45) is 1.20. The quantitative estimate of drug-likeness (QED) is 0.847. The Hall–Kier alpha value is -2.69. The maximum Gasteiger partial charge on any atom is 0.254 e. The zero-order valence-electron chi connectivity index (χ0n) is 15.0. The number of amides is 2. The fourth-order valence-electron chi connectivity index (χ4n) is 3.13. The first-order valence-corrected chi connectivity index (χ1v) is 8.91. The number of benzene rings is 2. The normalized spacial score (nSPS) is 14.4. The Labute approximate surface area is 153 Å². The predicted octanol–water partition coefficient (Wildman–Crippen LogP) is 3.05. The predicted molar refractivity (Wildman–Crippen MR) is 98.4 cm³/mol. The van der Waals surface area contributed by atoms with Crippen molar-refractivity contribution in [1.82, 2.24) is 9.80 Å². The van der Waals surface area contributed by atoms with E-state index in [1.807, 2.05) is 11.8 Å². The number of rotatable bonds is 4. The zero-order valence-corrected chi connectivity index (χ0v) is 15.0. The van der Waals surface area contributed by atoms with Crippen molar-refractivity contribution in [3.05, 3.63) is 71.0 Å². The minimum atomic E-state index is -0.416. The molecule has 0 saturated carbocycles. The van der Waals surface area contributed by atoms with Gasteiger partial charge in [-0.05, 0) is 37.1 Å². The third kappa shape index (κ3) is 4.48. The maximum atomic E-state index is 13.3. The van der Waals surface area contributed by atoms with Crippen LogP contribution in [0.4, 0.5) is 4.39 Å². The van der Waals surface area contributed by atoms with Crippen LogP contribution in [-0.2, 0) is 11.2 Å². The van der Waals surface area contributed by atoms with E-state index < -0.39 is 5.82 Å². The number of carbonyl (C=O) groups excluding carboxylic acids is 2. The van der Waals surface area contributed by atoms with Crippen LogP contribution in [0, 0.1) is 12.7 Å². The van der Waals surface area contributed by atoms with Crippen LogP contribution in [0.3, 0.4) is 0 Å². The summed E-state index contributed by atoms with van der Waals surface area (Å²) in [5.74, 6) is -0.486. The molecule has 136 valence electrons. The SMILES string of the molecule is Cc1ccc(CCC(=O)N2CCN(C(=O)c3cccc(F)c3)CC2)cc1. The van der Waals surface area contributed by atoms with E-state index in [0.717, 1.165) is 12.0 Å². The fourth-order valence-corrected chi connectivity index (χ4v) is 3.13. The van der Waals surface area contributed by atoms with Crippen molar-refractivity contribution < 1.29 is 14.0 Å². The summed E-state index contributed by atoms with van der Waals surface area (Å²) in [4.78, 5) is 28.3. The molecule has 0 aromatic heterocycles. The van der Waals surface area contributed by atoms with E-state index in [0.29, 0.717) is 38.2 Å². The Morgan fingerprint density at radius 1 is 0.962 bits per heavy atom. The monoisotopic (exact) mass is 354 g/mol. The van der Waals surface area contributed by atoms with Gasteiger partial charge in [0.1, 0.15) is 5.82 Å². The number of aryl methyl sites for hydroxylation is 2. The van der Waals surface area contributed by atoms with Gasteiger partial charge < -0.3 is 9.80 Å². The topological polar surface area (TPSA) is 40.6 Å². The molecule has 1 saturated heterocycles. The third-order valence-electron chi connectivity index (χ3n) is 4.74. The molecule has 0 bridgehead atoms. The highest BCUT2D eigenvalue weighted by Crippen LogP contribution is 2.12. The van der Waals surface area contributed by atoms with Crippen molar-refractivity contribution in [2.75, 3.05) is 26.2 Å². The lowest BCUT2D eigenvalue weighted by Gasteiger charge is -2.35. The summed E-state index contributed by atoms with van der Waals surface area (Å²) in [6, 6.07) is 13.9. The molecule has 0 spiro atoms. The molecule has 2 aromatic carbocycles. The summed E-state index contributed by atoms with van der Waals surface area (Å²) in [6.45, 7) is 4.04. The molecule has 4 nitrogen and oxygen atoms in total. The molecule has 0 aliphatic carbocycles. The highest BCUT2D eigenvalue weighted by atomic mass is 19.1. The third-order valence-corrected chi connectivity index (χ3v) is 4.74. The van der Waals surface area contributed by atoms with E-state index in [-0.39, 0.29) is 11.8 Å². The van der Waals surface area contributed by atoms with E-state index in [9.17, 15) is 14.0 Å². The second kappa shape index (κ2) is 8.13. The number of halogens is 1. The highest BCUT2D eigenvalue weighted by molar-refractivity contribution is 5.94. The molecule has 2 aromatic rings. The average molecular weight is 354 g/mol. The summed E-state index contributed by atoms with van der Waals surface area (Å²) < 4.78 is 13.3. The number of nitrogens with zero attached hydrogens (tertiary/aromatic N) is 2. The molecule has 0 N–H and O–H groups in total. The molecule has 1 aliphatic heterocycles. The van der Waals surface area contributed by atoms with E-state index >= 15 is 0 Å². The molecule has 0 atom stereocenters. The van der Waals surface area contributed by atoms with Crippen molar-refractivity contribution in [2.45, 2.75) is 19.8 Å². The van der Waals surface area contributed by atoms with E-state index in [1.165, 1.54) is 23.8 Å². The van der Waals surface area contributed by atoms with Crippen LogP contribution in [0.25, 0.3) is 0 Å². The standard InChI is InChI=1S/C21H23FN2O2/c1-16-5-7-17(8-6-16)9-10-20(25)23-11-13-24(14-12-23)21(26)18-3-2-4-19(22)15-18/h2-8,15H,9-14H2,1H3. The number of piperazine rings is 1. The minimum Gasteiger partial charge on any atom is -0.339 e. The summed E-state index contributed by atoms with van der Waals surface area (Å²) >= 11 is 0. The van der Waals surface area contributed by atoms with Crippen LogP contribution >= 0.6 is 0 Å². The number of carbonyl (C=O) groups is 2. The molecule has 26 heavy (non-hydrogen) atoms. The van der Waals surface area contributed by atoms with Crippen molar-refractivity contribution in [2.24, 2.45) is 0 Å². The second-order valence-electron chi connectivity index (χ2n) is 6.67. The molecular weight excluding hydrogens is 331 g/mol. The van der Waals surface area contributed by atoms with Gasteiger partial charge in [-0.1, -0.05) is 35.9 Å². The van der Waals surface area contributed by atoms with Gasteiger partial charge in [0.25, 0.3) is 5.91 Å². The lowest BCUT2D eigenvalue weighted by atomic mass is 10.1. The van der Waals surface area contributed by atoms with Crippen LogP contribution in [0.2, 0.25) is 0 Å². The Morgan fingerprint density at radius 2 is 1.62 bits per heavy atom. The van der Waals surface area contributed by atoms with Crippen molar-refractivity contribution in [1.29, 1.82) is 0 Å². The second-order valence-corrected chi connectivity index (χ2v) is 6.67. The van der Waals surface area contributed by atoms with E-state index in [4.69, 9.17) is 0 Å². The van der Waals surface area contributed by atoms with Crippen molar-refractivity contribution in [3.8, 4) is 0 Å². The van der Waals surface area contributed by atoms with E-state index in [1.54, 1.807) is 11.0 Å². The maximum absolute atomic E-state index is 13.3. The summed E-state index contributed by atoms with van der Waals surface area (Å²) in [5, 5.41) is 0. The van der Waals surface area contributed by atoms with Gasteiger partial charge in [0.05, 0.1) is 0 Å². The molecule has 0 unspecified atom stereocenters. The van der Waals surface area contributed by atoms with Crippen LogP contribution < -0.4 is 0 Å². The van der Waals surface area contributed by atoms with Gasteiger partial charge >= 0.3 is 0 Å². The van der Waals surface area contributed by atoms with Crippen LogP contribution in [-0.4, -0.2) is 47.8 Å². The van der Waals surface area contributed by atoms with Gasteiger partial charge in [-0.2, -0.15) is 0 Å². The van der Waals surface area contributed by atoms with Gasteiger partial charge in [0.15, 0.2) is 0 Å². The smallest absolute Gasteiger partial charge is 0.254 e. The molecule has 2 amide bonds. The average Bonchev–Trinajstić information content (AvgIpc) is 2.67. The van der Waals surface area contributed by atoms with Gasteiger partial charge in [0, 0.05) is 38.2 Å². The highest BCUT2D eigenvalue weighted by Gasteiger charge is 2.24. The molecule has 1 heterocycles. The first kappa shape index (κ1) is 18.1. The molecule has 0 radical (unpaired) electrons. The van der Waals surface area contributed by atoms with Gasteiger partial charge in [-0.3, -0.25) is 9.59 Å².